The van der Waals surface area contributed by atoms with Gasteiger partial charge in [0, 0.05) is 29.1 Å². The zero-order valence-corrected chi connectivity index (χ0v) is 19.5. The highest BCUT2D eigenvalue weighted by Gasteiger charge is 2.46. The summed E-state index contributed by atoms with van der Waals surface area (Å²) in [7, 11) is 0. The SMILES string of the molecule is Cc1noc2cc(C3=C(c4ccc(C#N)c(F)c4)CN(C(=O)N4C5CCC4CC(N)C5)O3)c(F)cc12. The molecule has 3 aromatic rings. The number of aryl methyl sites for hydroxylation is 1. The zero-order valence-electron chi connectivity index (χ0n) is 19.5. The predicted molar refractivity (Wildman–Crippen MR) is 126 cm³/mol. The molecule has 2 fully saturated rings. The average molecular weight is 491 g/mol. The Morgan fingerprint density at radius 2 is 1.92 bits per heavy atom. The summed E-state index contributed by atoms with van der Waals surface area (Å²) in [6, 6.07) is 8.47. The van der Waals surface area contributed by atoms with E-state index in [2.05, 4.69) is 5.16 Å². The van der Waals surface area contributed by atoms with Crippen LogP contribution in [0.1, 0.15) is 48.1 Å². The molecular formula is C26H23F2N5O3. The van der Waals surface area contributed by atoms with E-state index in [0.717, 1.165) is 25.7 Å². The van der Waals surface area contributed by atoms with Crippen LogP contribution in [0, 0.1) is 29.9 Å². The third kappa shape index (κ3) is 3.50. The van der Waals surface area contributed by atoms with Gasteiger partial charge in [-0.1, -0.05) is 11.2 Å². The van der Waals surface area contributed by atoms with Crippen molar-refractivity contribution in [3.8, 4) is 6.07 Å². The lowest BCUT2D eigenvalue weighted by atomic mass is 9.98. The largest absolute Gasteiger partial charge is 0.374 e. The minimum atomic E-state index is -0.712. The van der Waals surface area contributed by atoms with Crippen molar-refractivity contribution in [3.05, 3.63) is 64.4 Å². The number of halogens is 2. The maximum absolute atomic E-state index is 15.3. The lowest BCUT2D eigenvalue weighted by molar-refractivity contribution is -0.0399. The third-order valence-electron chi connectivity index (χ3n) is 7.40. The Kier molecular flexibility index (Phi) is 5.19. The summed E-state index contributed by atoms with van der Waals surface area (Å²) >= 11 is 0. The summed E-state index contributed by atoms with van der Waals surface area (Å²) < 4.78 is 35.2. The first-order valence-electron chi connectivity index (χ1n) is 11.9. The summed E-state index contributed by atoms with van der Waals surface area (Å²) in [5.74, 6) is -1.22. The van der Waals surface area contributed by atoms with Gasteiger partial charge in [0.15, 0.2) is 11.3 Å². The van der Waals surface area contributed by atoms with Crippen molar-refractivity contribution in [1.29, 1.82) is 5.26 Å². The van der Waals surface area contributed by atoms with E-state index in [0.29, 0.717) is 27.8 Å². The Morgan fingerprint density at radius 3 is 2.61 bits per heavy atom. The first-order chi connectivity index (χ1) is 17.3. The van der Waals surface area contributed by atoms with Crippen LogP contribution in [0.3, 0.4) is 0 Å². The van der Waals surface area contributed by atoms with Crippen LogP contribution < -0.4 is 5.73 Å². The molecule has 2 bridgehead atoms. The average Bonchev–Trinajstić information content (AvgIpc) is 3.53. The van der Waals surface area contributed by atoms with Gasteiger partial charge >= 0.3 is 6.03 Å². The number of hydrogen-bond acceptors (Lipinski definition) is 6. The number of amides is 2. The van der Waals surface area contributed by atoms with Crippen molar-refractivity contribution in [2.45, 2.75) is 50.7 Å². The molecule has 2 aromatic carbocycles. The summed E-state index contributed by atoms with van der Waals surface area (Å²) in [5.41, 5.74) is 7.82. The third-order valence-corrected chi connectivity index (χ3v) is 7.40. The van der Waals surface area contributed by atoms with Gasteiger partial charge in [-0.25, -0.2) is 13.6 Å². The molecule has 0 saturated carbocycles. The first kappa shape index (κ1) is 22.5. The van der Waals surface area contributed by atoms with E-state index in [-0.39, 0.29) is 47.6 Å². The normalized spacial score (nSPS) is 23.4. The molecule has 3 aliphatic rings. The Morgan fingerprint density at radius 1 is 1.17 bits per heavy atom. The molecule has 0 spiro atoms. The van der Waals surface area contributed by atoms with Gasteiger partial charge in [0.1, 0.15) is 17.7 Å². The molecule has 184 valence electrons. The number of urea groups is 1. The summed E-state index contributed by atoms with van der Waals surface area (Å²) in [5, 5.41) is 14.7. The Balaban J connectivity index is 1.41. The predicted octanol–water partition coefficient (Wildman–Crippen LogP) is 4.48. The monoisotopic (exact) mass is 491 g/mol. The number of aromatic nitrogens is 1. The van der Waals surface area contributed by atoms with Gasteiger partial charge in [-0.3, -0.25) is 0 Å². The standard InChI is InChI=1S/C26H23F2N5O3/c1-13-19-9-23(28)20(10-24(19)35-31-13)25-21(14-2-3-15(11-29)22(27)6-14)12-32(36-25)26(34)33-17-4-5-18(33)8-16(30)7-17/h2-3,6,9-10,16-18H,4-5,7-8,12,30H2,1H3. The minimum absolute atomic E-state index is 0.0194. The number of hydroxylamine groups is 2. The molecule has 2 amide bonds. The van der Waals surface area contributed by atoms with Crippen molar-refractivity contribution >= 4 is 28.3 Å². The number of carbonyl (C=O) groups excluding carboxylic acids is 1. The van der Waals surface area contributed by atoms with E-state index in [4.69, 9.17) is 20.4 Å². The maximum atomic E-state index is 15.3. The summed E-state index contributed by atoms with van der Waals surface area (Å²) in [6.45, 7) is 1.69. The highest BCUT2D eigenvalue weighted by Crippen LogP contribution is 2.41. The molecule has 2 N–H and O–H groups in total. The summed E-state index contributed by atoms with van der Waals surface area (Å²) in [4.78, 5) is 21.4. The van der Waals surface area contributed by atoms with E-state index in [1.807, 2.05) is 4.90 Å². The minimum Gasteiger partial charge on any atom is -0.374 e. The van der Waals surface area contributed by atoms with Gasteiger partial charge in [0.25, 0.3) is 0 Å². The van der Waals surface area contributed by atoms with Crippen LogP contribution in [0.2, 0.25) is 0 Å². The number of nitrogens with zero attached hydrogens (tertiary/aromatic N) is 4. The molecule has 4 heterocycles. The molecule has 36 heavy (non-hydrogen) atoms. The molecule has 0 radical (unpaired) electrons. The van der Waals surface area contributed by atoms with Crippen molar-refractivity contribution in [1.82, 2.24) is 15.1 Å². The van der Waals surface area contributed by atoms with Gasteiger partial charge < -0.3 is 20.0 Å². The van der Waals surface area contributed by atoms with Crippen molar-refractivity contribution in [2.24, 2.45) is 5.73 Å². The van der Waals surface area contributed by atoms with Crippen LogP contribution in [0.15, 0.2) is 34.9 Å². The molecule has 2 unspecified atom stereocenters. The highest BCUT2D eigenvalue weighted by atomic mass is 19.1. The topological polar surface area (TPSA) is 109 Å². The smallest absolute Gasteiger partial charge is 0.353 e. The van der Waals surface area contributed by atoms with Crippen LogP contribution in [0.5, 0.6) is 0 Å². The fraction of sp³-hybridized carbons (Fsp3) is 0.346. The second kappa shape index (κ2) is 8.31. The molecule has 0 aliphatic carbocycles. The quantitative estimate of drug-likeness (QED) is 0.566. The Hall–Kier alpha value is -3.97. The molecule has 8 nitrogen and oxygen atoms in total. The molecule has 6 rings (SSSR count). The number of nitrogens with two attached hydrogens (primary N) is 1. The lowest BCUT2D eigenvalue weighted by Crippen LogP contribution is -2.53. The summed E-state index contributed by atoms with van der Waals surface area (Å²) in [6.07, 6.45) is 3.20. The van der Waals surface area contributed by atoms with Gasteiger partial charge in [0.2, 0.25) is 0 Å². The number of hydrogen-bond donors (Lipinski definition) is 1. The first-order valence-corrected chi connectivity index (χ1v) is 11.9. The number of carbonyl (C=O) groups is 1. The number of piperidine rings is 1. The van der Waals surface area contributed by atoms with E-state index < -0.39 is 11.6 Å². The van der Waals surface area contributed by atoms with E-state index in [1.54, 1.807) is 19.1 Å². The van der Waals surface area contributed by atoms with Gasteiger partial charge in [0.05, 0.1) is 23.4 Å². The highest BCUT2D eigenvalue weighted by molar-refractivity contribution is 5.95. The molecule has 2 atom stereocenters. The fourth-order valence-electron chi connectivity index (χ4n) is 5.66. The van der Waals surface area contributed by atoms with Crippen LogP contribution in [-0.2, 0) is 4.84 Å². The molecule has 10 heteroatoms. The van der Waals surface area contributed by atoms with E-state index >= 15 is 4.39 Å². The number of nitriles is 1. The van der Waals surface area contributed by atoms with Crippen LogP contribution >= 0.6 is 0 Å². The van der Waals surface area contributed by atoms with Crippen LogP contribution in [-0.4, -0.2) is 45.8 Å². The van der Waals surface area contributed by atoms with E-state index in [1.165, 1.54) is 29.3 Å². The number of rotatable bonds is 2. The number of benzene rings is 2. The molecule has 2 saturated heterocycles. The maximum Gasteiger partial charge on any atom is 0.353 e. The Labute approximate surface area is 205 Å². The second-order valence-corrected chi connectivity index (χ2v) is 9.64. The van der Waals surface area contributed by atoms with Crippen LogP contribution in [0.25, 0.3) is 22.3 Å². The van der Waals surface area contributed by atoms with Crippen molar-refractivity contribution < 1.29 is 22.9 Å². The van der Waals surface area contributed by atoms with Gasteiger partial charge in [-0.2, -0.15) is 10.3 Å². The van der Waals surface area contributed by atoms with Crippen molar-refractivity contribution in [2.75, 3.05) is 6.54 Å². The number of fused-ring (bicyclic) bond motifs is 3. The van der Waals surface area contributed by atoms with E-state index in [9.17, 15) is 9.18 Å². The van der Waals surface area contributed by atoms with Crippen molar-refractivity contribution in [3.63, 3.8) is 0 Å². The van der Waals surface area contributed by atoms with Gasteiger partial charge in [-0.15, -0.1) is 0 Å². The molecule has 1 aromatic heterocycles. The fourth-order valence-corrected chi connectivity index (χ4v) is 5.66. The second-order valence-electron chi connectivity index (χ2n) is 9.64. The molecule has 3 aliphatic heterocycles. The Bertz CT molecular complexity index is 1460. The zero-order chi connectivity index (χ0) is 25.1. The van der Waals surface area contributed by atoms with Gasteiger partial charge in [-0.05, 0) is 62.4 Å². The van der Waals surface area contributed by atoms with Crippen LogP contribution in [0.4, 0.5) is 13.6 Å². The molecular weight excluding hydrogens is 468 g/mol. The lowest BCUT2D eigenvalue weighted by Gasteiger charge is -2.39.